The van der Waals surface area contributed by atoms with Crippen LogP contribution in [-0.4, -0.2) is 37.8 Å². The summed E-state index contributed by atoms with van der Waals surface area (Å²) in [4.78, 5) is 13.8. The van der Waals surface area contributed by atoms with Gasteiger partial charge in [0.2, 0.25) is 0 Å². The molecule has 5 heteroatoms. The van der Waals surface area contributed by atoms with Gasteiger partial charge in [-0.3, -0.25) is 14.4 Å². The van der Waals surface area contributed by atoms with Gasteiger partial charge in [0.05, 0.1) is 5.69 Å². The van der Waals surface area contributed by atoms with Gasteiger partial charge in [0.25, 0.3) is 0 Å². The molecule has 2 unspecified atom stereocenters. The van der Waals surface area contributed by atoms with E-state index < -0.39 is 11.5 Å². The molecule has 112 valence electrons. The van der Waals surface area contributed by atoms with Gasteiger partial charge in [-0.25, -0.2) is 0 Å². The molecule has 0 spiro atoms. The summed E-state index contributed by atoms with van der Waals surface area (Å²) in [5.74, 6) is -0.722. The molecule has 0 aromatic carbocycles. The number of likely N-dealkylation sites (tertiary alicyclic amines) is 1. The molecule has 2 heterocycles. The second kappa shape index (κ2) is 5.20. The Morgan fingerprint density at radius 3 is 2.65 bits per heavy atom. The van der Waals surface area contributed by atoms with Gasteiger partial charge in [-0.1, -0.05) is 0 Å². The second-order valence-electron chi connectivity index (χ2n) is 5.95. The minimum atomic E-state index is -0.757. The maximum atomic E-state index is 11.6. The summed E-state index contributed by atoms with van der Waals surface area (Å²) in [6.07, 6.45) is 1.65. The highest BCUT2D eigenvalue weighted by molar-refractivity contribution is 5.78. The third-order valence-corrected chi connectivity index (χ3v) is 4.78. The molecule has 0 aliphatic carbocycles. The molecule has 0 radical (unpaired) electrons. The van der Waals surface area contributed by atoms with Crippen molar-refractivity contribution < 1.29 is 9.90 Å². The first-order chi connectivity index (χ1) is 9.32. The van der Waals surface area contributed by atoms with Gasteiger partial charge in [0, 0.05) is 23.8 Å². The van der Waals surface area contributed by atoms with Crippen LogP contribution in [-0.2, 0) is 11.3 Å². The van der Waals surface area contributed by atoms with Crippen molar-refractivity contribution in [2.24, 2.45) is 0 Å². The lowest BCUT2D eigenvalue weighted by molar-refractivity contribution is -0.149. The Labute approximate surface area is 120 Å². The maximum Gasteiger partial charge on any atom is 0.323 e. The highest BCUT2D eigenvalue weighted by atomic mass is 16.4. The molecule has 1 aromatic rings. The molecule has 1 N–H and O–H groups in total. The van der Waals surface area contributed by atoms with E-state index in [0.29, 0.717) is 6.42 Å². The SMILES string of the molecule is CCn1nc(C)c(C(C)N2CCCC2(C)C(=O)O)c1C. The van der Waals surface area contributed by atoms with Gasteiger partial charge in [0.1, 0.15) is 5.54 Å². The predicted molar refractivity (Wildman–Crippen MR) is 77.8 cm³/mol. The average Bonchev–Trinajstić information content (AvgIpc) is 2.91. The van der Waals surface area contributed by atoms with Crippen LogP contribution in [0.5, 0.6) is 0 Å². The van der Waals surface area contributed by atoms with Crippen LogP contribution < -0.4 is 0 Å². The summed E-state index contributed by atoms with van der Waals surface area (Å²) in [6.45, 7) is 11.8. The minimum Gasteiger partial charge on any atom is -0.480 e. The first kappa shape index (κ1) is 15.0. The smallest absolute Gasteiger partial charge is 0.323 e. The zero-order valence-corrected chi connectivity index (χ0v) is 13.1. The third-order valence-electron chi connectivity index (χ3n) is 4.78. The van der Waals surface area contributed by atoms with E-state index in [0.717, 1.165) is 30.9 Å². The third kappa shape index (κ3) is 2.14. The normalized spacial score (nSPS) is 25.1. The zero-order chi connectivity index (χ0) is 15.1. The van der Waals surface area contributed by atoms with Crippen molar-refractivity contribution in [3.8, 4) is 0 Å². The Bertz CT molecular complexity index is 523. The van der Waals surface area contributed by atoms with Crippen molar-refractivity contribution in [1.82, 2.24) is 14.7 Å². The van der Waals surface area contributed by atoms with Crippen LogP contribution >= 0.6 is 0 Å². The van der Waals surface area contributed by atoms with Crippen LogP contribution in [0.3, 0.4) is 0 Å². The first-order valence-corrected chi connectivity index (χ1v) is 7.37. The van der Waals surface area contributed by atoms with Crippen molar-refractivity contribution >= 4 is 5.97 Å². The first-order valence-electron chi connectivity index (χ1n) is 7.37. The van der Waals surface area contributed by atoms with Gasteiger partial charge >= 0.3 is 5.97 Å². The van der Waals surface area contributed by atoms with Crippen LogP contribution in [0.4, 0.5) is 0 Å². The van der Waals surface area contributed by atoms with E-state index >= 15 is 0 Å². The fourth-order valence-electron chi connectivity index (χ4n) is 3.61. The van der Waals surface area contributed by atoms with Gasteiger partial charge in [0.15, 0.2) is 0 Å². The minimum absolute atomic E-state index is 0.0823. The molecular weight excluding hydrogens is 254 g/mol. The predicted octanol–water partition coefficient (Wildman–Crippen LogP) is 2.52. The molecular formula is C15H25N3O2. The summed E-state index contributed by atoms with van der Waals surface area (Å²) in [6, 6.07) is 0.0823. The van der Waals surface area contributed by atoms with Crippen LogP contribution in [0.2, 0.25) is 0 Å². The Kier molecular flexibility index (Phi) is 3.91. The van der Waals surface area contributed by atoms with Gasteiger partial charge < -0.3 is 5.11 Å². The molecule has 5 nitrogen and oxygen atoms in total. The molecule has 2 rings (SSSR count). The lowest BCUT2D eigenvalue weighted by atomic mass is 9.95. The van der Waals surface area contributed by atoms with E-state index in [2.05, 4.69) is 30.8 Å². The molecule has 0 saturated carbocycles. The van der Waals surface area contributed by atoms with Crippen LogP contribution in [0.1, 0.15) is 56.6 Å². The van der Waals surface area contributed by atoms with Crippen LogP contribution in [0.15, 0.2) is 0 Å². The number of aromatic nitrogens is 2. The number of carboxylic acids is 1. The van der Waals surface area contributed by atoms with E-state index in [4.69, 9.17) is 0 Å². The van der Waals surface area contributed by atoms with E-state index in [1.165, 1.54) is 5.56 Å². The lowest BCUT2D eigenvalue weighted by Gasteiger charge is -2.36. The Morgan fingerprint density at radius 2 is 2.15 bits per heavy atom. The van der Waals surface area contributed by atoms with E-state index in [1.807, 2.05) is 18.5 Å². The highest BCUT2D eigenvalue weighted by Crippen LogP contribution is 2.38. The maximum absolute atomic E-state index is 11.6. The number of hydrogen-bond acceptors (Lipinski definition) is 3. The number of rotatable bonds is 4. The van der Waals surface area contributed by atoms with E-state index in [-0.39, 0.29) is 6.04 Å². The van der Waals surface area contributed by atoms with Gasteiger partial charge in [-0.05, 0) is 54.0 Å². The number of carbonyl (C=O) groups is 1. The quantitative estimate of drug-likeness (QED) is 0.920. The highest BCUT2D eigenvalue weighted by Gasteiger charge is 2.46. The summed E-state index contributed by atoms with van der Waals surface area (Å²) >= 11 is 0. The summed E-state index contributed by atoms with van der Waals surface area (Å²) in [5, 5.41) is 14.1. The van der Waals surface area contributed by atoms with Crippen molar-refractivity contribution in [2.75, 3.05) is 6.54 Å². The molecule has 1 fully saturated rings. The zero-order valence-electron chi connectivity index (χ0n) is 13.1. The van der Waals surface area contributed by atoms with Crippen LogP contribution in [0.25, 0.3) is 0 Å². The number of hydrogen-bond donors (Lipinski definition) is 1. The molecule has 1 aliphatic heterocycles. The van der Waals surface area contributed by atoms with Gasteiger partial charge in [-0.2, -0.15) is 5.10 Å². The fraction of sp³-hybridized carbons (Fsp3) is 0.733. The van der Waals surface area contributed by atoms with Crippen molar-refractivity contribution in [3.05, 3.63) is 17.0 Å². The molecule has 1 aliphatic rings. The Balaban J connectivity index is 2.39. The molecule has 1 aromatic heterocycles. The van der Waals surface area contributed by atoms with E-state index in [1.54, 1.807) is 0 Å². The van der Waals surface area contributed by atoms with Crippen molar-refractivity contribution in [2.45, 2.75) is 65.6 Å². The standard InChI is InChI=1S/C15H25N3O2/c1-6-18-12(4)13(10(2)16-18)11(3)17-9-7-8-15(17,5)14(19)20/h11H,6-9H2,1-5H3,(H,19,20). The summed E-state index contributed by atoms with van der Waals surface area (Å²) < 4.78 is 2.00. The number of nitrogens with zero attached hydrogens (tertiary/aromatic N) is 3. The number of aliphatic carboxylic acids is 1. The Hall–Kier alpha value is -1.36. The number of aryl methyl sites for hydroxylation is 2. The fourth-order valence-corrected chi connectivity index (χ4v) is 3.61. The largest absolute Gasteiger partial charge is 0.480 e. The Morgan fingerprint density at radius 1 is 1.50 bits per heavy atom. The van der Waals surface area contributed by atoms with Gasteiger partial charge in [-0.15, -0.1) is 0 Å². The lowest BCUT2D eigenvalue weighted by Crippen LogP contribution is -2.49. The molecule has 20 heavy (non-hydrogen) atoms. The van der Waals surface area contributed by atoms with Crippen molar-refractivity contribution in [3.63, 3.8) is 0 Å². The molecule has 0 bridgehead atoms. The summed E-state index contributed by atoms with van der Waals surface area (Å²) in [5.41, 5.74) is 2.59. The molecule has 1 saturated heterocycles. The van der Waals surface area contributed by atoms with E-state index in [9.17, 15) is 9.90 Å². The number of carboxylic acid groups (broad SMARTS) is 1. The van der Waals surface area contributed by atoms with Crippen molar-refractivity contribution in [1.29, 1.82) is 0 Å². The molecule has 2 atom stereocenters. The second-order valence-corrected chi connectivity index (χ2v) is 5.95. The average molecular weight is 279 g/mol. The molecule has 0 amide bonds. The topological polar surface area (TPSA) is 58.4 Å². The monoisotopic (exact) mass is 279 g/mol. The van der Waals surface area contributed by atoms with Crippen LogP contribution in [0, 0.1) is 13.8 Å². The summed E-state index contributed by atoms with van der Waals surface area (Å²) in [7, 11) is 0.